The van der Waals surface area contributed by atoms with Gasteiger partial charge in [0.1, 0.15) is 0 Å². The summed E-state index contributed by atoms with van der Waals surface area (Å²) in [4.78, 5) is 47.9. The number of nitrogens with two attached hydrogens (primary N) is 1. The Bertz CT molecular complexity index is 876. The number of hydrogen-bond donors (Lipinski definition) is 3. The number of esters is 1. The summed E-state index contributed by atoms with van der Waals surface area (Å²) in [6.07, 6.45) is 0. The van der Waals surface area contributed by atoms with Crippen molar-refractivity contribution in [1.82, 2.24) is 4.90 Å². The Morgan fingerprint density at radius 1 is 0.857 bits per heavy atom. The zero-order chi connectivity index (χ0) is 20.7. The molecule has 0 unspecified atom stereocenters. The molecule has 0 saturated carbocycles. The fourth-order valence-corrected chi connectivity index (χ4v) is 2.20. The van der Waals surface area contributed by atoms with E-state index in [-0.39, 0.29) is 11.5 Å². The molecule has 0 aliphatic heterocycles. The van der Waals surface area contributed by atoms with E-state index in [0.29, 0.717) is 16.9 Å². The zero-order valence-electron chi connectivity index (χ0n) is 15.4. The fraction of sp³-hybridized carbons (Fsp3) is 0.158. The average Bonchev–Trinajstić information content (AvgIpc) is 2.66. The smallest absolute Gasteiger partial charge is 0.338 e. The standard InChI is InChI=1S/C19H20N4O5/c1-23(2)17(25)12-3-7-14(8-4-12)21-16(24)11-28-18(26)13-5-9-15(10-6-13)22-19(20)27/h3-10H,11H2,1-2H3,(H,21,24)(H3,20,22,27). The molecule has 4 amide bonds. The van der Waals surface area contributed by atoms with E-state index in [1.54, 1.807) is 38.4 Å². The van der Waals surface area contributed by atoms with E-state index in [1.165, 1.54) is 29.2 Å². The molecule has 0 aromatic heterocycles. The number of rotatable bonds is 6. The molecule has 0 heterocycles. The lowest BCUT2D eigenvalue weighted by Gasteiger charge is -2.11. The second-order valence-corrected chi connectivity index (χ2v) is 5.97. The van der Waals surface area contributed by atoms with Gasteiger partial charge in [-0.05, 0) is 48.5 Å². The van der Waals surface area contributed by atoms with Crippen molar-refractivity contribution in [2.24, 2.45) is 5.73 Å². The van der Waals surface area contributed by atoms with Crippen LogP contribution >= 0.6 is 0 Å². The van der Waals surface area contributed by atoms with Gasteiger partial charge in [-0.15, -0.1) is 0 Å². The largest absolute Gasteiger partial charge is 0.452 e. The molecule has 146 valence electrons. The number of amides is 4. The number of benzene rings is 2. The van der Waals surface area contributed by atoms with Gasteiger partial charge in [0.2, 0.25) is 0 Å². The summed E-state index contributed by atoms with van der Waals surface area (Å²) in [6.45, 7) is -0.474. The summed E-state index contributed by atoms with van der Waals surface area (Å²) in [7, 11) is 3.29. The van der Waals surface area contributed by atoms with Crippen molar-refractivity contribution < 1.29 is 23.9 Å². The topological polar surface area (TPSA) is 131 Å². The molecule has 9 heteroatoms. The van der Waals surface area contributed by atoms with Crippen LogP contribution in [0.3, 0.4) is 0 Å². The quantitative estimate of drug-likeness (QED) is 0.652. The summed E-state index contributed by atoms with van der Waals surface area (Å²) < 4.78 is 4.95. The molecule has 2 rings (SSSR count). The van der Waals surface area contributed by atoms with Crippen molar-refractivity contribution in [3.05, 3.63) is 59.7 Å². The first-order valence-corrected chi connectivity index (χ1v) is 8.21. The van der Waals surface area contributed by atoms with Gasteiger partial charge in [-0.2, -0.15) is 0 Å². The van der Waals surface area contributed by atoms with E-state index < -0.39 is 24.5 Å². The number of anilines is 2. The van der Waals surface area contributed by atoms with Crippen molar-refractivity contribution in [2.75, 3.05) is 31.3 Å². The lowest BCUT2D eigenvalue weighted by atomic mass is 10.2. The monoisotopic (exact) mass is 384 g/mol. The lowest BCUT2D eigenvalue weighted by Crippen LogP contribution is -2.22. The molecule has 2 aromatic carbocycles. The normalized spacial score (nSPS) is 9.93. The van der Waals surface area contributed by atoms with E-state index in [0.717, 1.165) is 0 Å². The maximum Gasteiger partial charge on any atom is 0.338 e. The first-order chi connectivity index (χ1) is 13.3. The predicted octanol–water partition coefficient (Wildman–Crippen LogP) is 1.67. The van der Waals surface area contributed by atoms with Gasteiger partial charge >= 0.3 is 12.0 Å². The minimum Gasteiger partial charge on any atom is -0.452 e. The van der Waals surface area contributed by atoms with Gasteiger partial charge in [-0.1, -0.05) is 0 Å². The van der Waals surface area contributed by atoms with Crippen molar-refractivity contribution in [3.8, 4) is 0 Å². The molecular weight excluding hydrogens is 364 g/mol. The number of hydrogen-bond acceptors (Lipinski definition) is 5. The summed E-state index contributed by atoms with van der Waals surface area (Å²) in [5, 5.41) is 4.94. The molecule has 4 N–H and O–H groups in total. The molecule has 0 fully saturated rings. The summed E-state index contributed by atoms with van der Waals surface area (Å²) in [5.41, 5.74) is 6.60. The molecule has 0 aliphatic carbocycles. The minimum atomic E-state index is -0.717. The van der Waals surface area contributed by atoms with Crippen molar-refractivity contribution in [2.45, 2.75) is 0 Å². The van der Waals surface area contributed by atoms with Crippen LogP contribution in [0.4, 0.5) is 16.2 Å². The highest BCUT2D eigenvalue weighted by Crippen LogP contribution is 2.12. The third kappa shape index (κ3) is 5.84. The molecule has 28 heavy (non-hydrogen) atoms. The van der Waals surface area contributed by atoms with Gasteiger partial charge in [0.05, 0.1) is 5.56 Å². The van der Waals surface area contributed by atoms with Crippen LogP contribution in [0.2, 0.25) is 0 Å². The number of ether oxygens (including phenoxy) is 1. The third-order valence-corrected chi connectivity index (χ3v) is 3.54. The highest BCUT2D eigenvalue weighted by molar-refractivity contribution is 5.97. The molecule has 0 aliphatic rings. The number of primary amides is 1. The predicted molar refractivity (Wildman–Crippen MR) is 103 cm³/mol. The van der Waals surface area contributed by atoms with Crippen LogP contribution < -0.4 is 16.4 Å². The summed E-state index contributed by atoms with van der Waals surface area (Å²) in [6, 6.07) is 11.5. The summed E-state index contributed by atoms with van der Waals surface area (Å²) in [5.74, 6) is -1.36. The van der Waals surface area contributed by atoms with Gasteiger partial charge in [0.15, 0.2) is 6.61 Å². The molecule has 0 radical (unpaired) electrons. The molecule has 0 spiro atoms. The van der Waals surface area contributed by atoms with Crippen LogP contribution in [0.5, 0.6) is 0 Å². The first kappa shape index (κ1) is 20.4. The van der Waals surface area contributed by atoms with Crippen LogP contribution in [0.25, 0.3) is 0 Å². The molecule has 9 nitrogen and oxygen atoms in total. The number of carbonyl (C=O) groups is 4. The van der Waals surface area contributed by atoms with Crippen molar-refractivity contribution in [3.63, 3.8) is 0 Å². The second-order valence-electron chi connectivity index (χ2n) is 5.97. The third-order valence-electron chi connectivity index (χ3n) is 3.54. The average molecular weight is 384 g/mol. The van der Waals surface area contributed by atoms with Gasteiger partial charge in [0.25, 0.3) is 11.8 Å². The van der Waals surface area contributed by atoms with Crippen molar-refractivity contribution in [1.29, 1.82) is 0 Å². The number of nitrogens with one attached hydrogen (secondary N) is 2. The minimum absolute atomic E-state index is 0.149. The van der Waals surface area contributed by atoms with Gasteiger partial charge in [0, 0.05) is 31.0 Å². The Balaban J connectivity index is 1.85. The number of urea groups is 1. The Hall–Kier alpha value is -3.88. The van der Waals surface area contributed by atoms with Gasteiger partial charge < -0.3 is 26.0 Å². The van der Waals surface area contributed by atoms with Crippen LogP contribution in [0.1, 0.15) is 20.7 Å². The van der Waals surface area contributed by atoms with E-state index in [4.69, 9.17) is 10.5 Å². The number of carbonyl (C=O) groups excluding carboxylic acids is 4. The first-order valence-electron chi connectivity index (χ1n) is 8.21. The van der Waals surface area contributed by atoms with E-state index in [9.17, 15) is 19.2 Å². The Labute approximate surface area is 161 Å². The van der Waals surface area contributed by atoms with Gasteiger partial charge in [-0.3, -0.25) is 9.59 Å². The number of nitrogens with zero attached hydrogens (tertiary/aromatic N) is 1. The molecular formula is C19H20N4O5. The highest BCUT2D eigenvalue weighted by Gasteiger charge is 2.12. The van der Waals surface area contributed by atoms with Crippen LogP contribution in [0, 0.1) is 0 Å². The molecule has 0 atom stereocenters. The Morgan fingerprint density at radius 2 is 1.36 bits per heavy atom. The SMILES string of the molecule is CN(C)C(=O)c1ccc(NC(=O)COC(=O)c2ccc(NC(N)=O)cc2)cc1. The van der Waals surface area contributed by atoms with Crippen LogP contribution in [-0.2, 0) is 9.53 Å². The Kier molecular flexibility index (Phi) is 6.69. The molecule has 2 aromatic rings. The van der Waals surface area contributed by atoms with Gasteiger partial charge in [-0.25, -0.2) is 9.59 Å². The van der Waals surface area contributed by atoms with Crippen LogP contribution in [0.15, 0.2) is 48.5 Å². The zero-order valence-corrected chi connectivity index (χ0v) is 15.4. The molecule has 0 bridgehead atoms. The second kappa shape index (κ2) is 9.17. The maximum absolute atomic E-state index is 12.0. The fourth-order valence-electron chi connectivity index (χ4n) is 2.20. The summed E-state index contributed by atoms with van der Waals surface area (Å²) >= 11 is 0. The van der Waals surface area contributed by atoms with E-state index >= 15 is 0 Å². The maximum atomic E-state index is 12.0. The van der Waals surface area contributed by atoms with Crippen molar-refractivity contribution >= 4 is 35.2 Å². The Morgan fingerprint density at radius 3 is 1.86 bits per heavy atom. The highest BCUT2D eigenvalue weighted by atomic mass is 16.5. The molecule has 0 saturated heterocycles. The van der Waals surface area contributed by atoms with E-state index in [2.05, 4.69) is 10.6 Å². The lowest BCUT2D eigenvalue weighted by molar-refractivity contribution is -0.119. The van der Waals surface area contributed by atoms with E-state index in [1.807, 2.05) is 0 Å². The van der Waals surface area contributed by atoms with Crippen LogP contribution in [-0.4, -0.2) is 49.4 Å².